The third-order valence-corrected chi connectivity index (χ3v) is 2.72. The van der Waals surface area contributed by atoms with Crippen molar-refractivity contribution in [2.75, 3.05) is 5.32 Å². The average molecular weight is 240 g/mol. The molecule has 3 aromatic rings. The first-order valence-corrected chi connectivity index (χ1v) is 5.56. The summed E-state index contributed by atoms with van der Waals surface area (Å²) in [5.74, 6) is 0.932. The van der Waals surface area contributed by atoms with Gasteiger partial charge >= 0.3 is 0 Å². The lowest BCUT2D eigenvalue weighted by Crippen LogP contribution is -1.93. The summed E-state index contributed by atoms with van der Waals surface area (Å²) in [7, 11) is 1.85. The third-order valence-electron chi connectivity index (χ3n) is 2.72. The molecule has 0 fully saturated rings. The van der Waals surface area contributed by atoms with Crippen LogP contribution in [-0.2, 0) is 7.05 Å². The summed E-state index contributed by atoms with van der Waals surface area (Å²) < 4.78 is 1.71. The van der Waals surface area contributed by atoms with Crippen molar-refractivity contribution in [3.05, 3.63) is 42.9 Å². The molecule has 3 rings (SSSR count). The number of nitrogens with one attached hydrogen (secondary N) is 1. The highest BCUT2D eigenvalue weighted by atomic mass is 16.3. The molecule has 90 valence electrons. The maximum atomic E-state index is 9.55. The quantitative estimate of drug-likeness (QED) is 0.722. The number of nitrogens with zero attached hydrogens (tertiary/aromatic N) is 3. The van der Waals surface area contributed by atoms with E-state index < -0.39 is 0 Å². The van der Waals surface area contributed by atoms with Crippen LogP contribution in [0.2, 0.25) is 0 Å². The predicted octanol–water partition coefficient (Wildman–Crippen LogP) is 2.42. The molecule has 0 atom stereocenters. The van der Waals surface area contributed by atoms with Crippen molar-refractivity contribution < 1.29 is 5.11 Å². The van der Waals surface area contributed by atoms with Crippen LogP contribution in [0, 0.1) is 0 Å². The number of aryl methyl sites for hydroxylation is 1. The van der Waals surface area contributed by atoms with Crippen molar-refractivity contribution in [1.82, 2.24) is 14.8 Å². The van der Waals surface area contributed by atoms with E-state index in [1.165, 1.54) is 0 Å². The van der Waals surface area contributed by atoms with Crippen LogP contribution < -0.4 is 5.32 Å². The Balaban J connectivity index is 2.08. The second-order valence-electron chi connectivity index (χ2n) is 4.09. The fourth-order valence-corrected chi connectivity index (χ4v) is 1.88. The molecule has 2 N–H and O–H groups in total. The van der Waals surface area contributed by atoms with Gasteiger partial charge in [0.25, 0.3) is 0 Å². The number of phenols is 1. The van der Waals surface area contributed by atoms with E-state index in [9.17, 15) is 5.11 Å². The van der Waals surface area contributed by atoms with Crippen molar-refractivity contribution in [3.8, 4) is 5.75 Å². The molecule has 2 heterocycles. The van der Waals surface area contributed by atoms with E-state index >= 15 is 0 Å². The van der Waals surface area contributed by atoms with Gasteiger partial charge < -0.3 is 10.4 Å². The fraction of sp³-hybridized carbons (Fsp3) is 0.0769. The SMILES string of the molecule is Cn1cc(Nc2nccc3ccc(O)cc23)cn1. The van der Waals surface area contributed by atoms with E-state index in [1.54, 1.807) is 29.2 Å². The molecule has 5 heteroatoms. The number of fused-ring (bicyclic) bond motifs is 1. The van der Waals surface area contributed by atoms with E-state index in [0.29, 0.717) is 5.82 Å². The van der Waals surface area contributed by atoms with Gasteiger partial charge in [0, 0.05) is 24.8 Å². The topological polar surface area (TPSA) is 63.0 Å². The Labute approximate surface area is 104 Å². The minimum absolute atomic E-state index is 0.227. The van der Waals surface area contributed by atoms with Crippen LogP contribution in [0.15, 0.2) is 42.9 Å². The molecule has 0 saturated heterocycles. The third kappa shape index (κ3) is 1.86. The van der Waals surface area contributed by atoms with Crippen molar-refractivity contribution in [2.45, 2.75) is 0 Å². The lowest BCUT2D eigenvalue weighted by atomic mass is 10.1. The van der Waals surface area contributed by atoms with Gasteiger partial charge in [-0.05, 0) is 23.6 Å². The van der Waals surface area contributed by atoms with Crippen molar-refractivity contribution in [1.29, 1.82) is 0 Å². The largest absolute Gasteiger partial charge is 0.508 e. The van der Waals surface area contributed by atoms with Crippen molar-refractivity contribution in [2.24, 2.45) is 7.05 Å². The zero-order valence-electron chi connectivity index (χ0n) is 9.83. The molecule has 0 aliphatic rings. The maximum Gasteiger partial charge on any atom is 0.138 e. The smallest absolute Gasteiger partial charge is 0.138 e. The summed E-state index contributed by atoms with van der Waals surface area (Å²) in [5, 5.41) is 18.7. The lowest BCUT2D eigenvalue weighted by molar-refractivity contribution is 0.476. The van der Waals surface area contributed by atoms with Gasteiger partial charge in [0.2, 0.25) is 0 Å². The summed E-state index contributed by atoms with van der Waals surface area (Å²) in [6, 6.07) is 7.13. The number of hydrogen-bond donors (Lipinski definition) is 2. The van der Waals surface area contributed by atoms with Crippen molar-refractivity contribution in [3.63, 3.8) is 0 Å². The first kappa shape index (κ1) is 10.6. The van der Waals surface area contributed by atoms with Crippen LogP contribution >= 0.6 is 0 Å². The van der Waals surface area contributed by atoms with E-state index in [-0.39, 0.29) is 5.75 Å². The standard InChI is InChI=1S/C13H12N4O/c1-17-8-10(7-15-17)16-13-12-6-11(18)3-2-9(12)4-5-14-13/h2-8,18H,1H3,(H,14,16). The lowest BCUT2D eigenvalue weighted by Gasteiger charge is -2.06. The van der Waals surface area contributed by atoms with Crippen LogP contribution in [0.1, 0.15) is 0 Å². The normalized spacial score (nSPS) is 10.7. The van der Waals surface area contributed by atoms with Crippen molar-refractivity contribution >= 4 is 22.3 Å². The molecule has 0 bridgehead atoms. The molecular formula is C13H12N4O. The molecular weight excluding hydrogens is 228 g/mol. The summed E-state index contributed by atoms with van der Waals surface area (Å²) in [4.78, 5) is 4.29. The predicted molar refractivity (Wildman–Crippen MR) is 69.9 cm³/mol. The van der Waals surface area contributed by atoms with Gasteiger partial charge in [-0.15, -0.1) is 0 Å². The molecule has 1 aromatic carbocycles. The summed E-state index contributed by atoms with van der Waals surface area (Å²) >= 11 is 0. The number of anilines is 2. The van der Waals surface area contributed by atoms with Crippen LogP contribution in [-0.4, -0.2) is 19.9 Å². The van der Waals surface area contributed by atoms with Crippen LogP contribution in [0.4, 0.5) is 11.5 Å². The number of benzene rings is 1. The van der Waals surface area contributed by atoms with Gasteiger partial charge in [0.1, 0.15) is 11.6 Å². The van der Waals surface area contributed by atoms with Gasteiger partial charge in [-0.25, -0.2) is 4.98 Å². The van der Waals surface area contributed by atoms with Crippen LogP contribution in [0.5, 0.6) is 5.75 Å². The number of rotatable bonds is 2. The van der Waals surface area contributed by atoms with E-state index in [1.807, 2.05) is 25.4 Å². The van der Waals surface area contributed by atoms with Gasteiger partial charge in [-0.3, -0.25) is 4.68 Å². The first-order valence-electron chi connectivity index (χ1n) is 5.56. The summed E-state index contributed by atoms with van der Waals surface area (Å²) in [5.41, 5.74) is 0.862. The van der Waals surface area contributed by atoms with Gasteiger partial charge in [0.15, 0.2) is 0 Å². The molecule has 0 amide bonds. The molecule has 0 aliphatic carbocycles. The Morgan fingerprint density at radius 3 is 2.94 bits per heavy atom. The Bertz CT molecular complexity index is 705. The van der Waals surface area contributed by atoms with Gasteiger partial charge in [-0.1, -0.05) is 6.07 Å². The van der Waals surface area contributed by atoms with E-state index in [0.717, 1.165) is 16.5 Å². The Morgan fingerprint density at radius 1 is 1.28 bits per heavy atom. The number of hydrogen-bond acceptors (Lipinski definition) is 4. The molecule has 0 radical (unpaired) electrons. The Hall–Kier alpha value is -2.56. The molecule has 5 nitrogen and oxygen atoms in total. The molecule has 0 saturated carbocycles. The van der Waals surface area contributed by atoms with E-state index in [2.05, 4.69) is 15.4 Å². The zero-order valence-corrected chi connectivity index (χ0v) is 9.83. The number of aromatic hydroxyl groups is 1. The molecule has 18 heavy (non-hydrogen) atoms. The Kier molecular flexibility index (Phi) is 2.37. The zero-order chi connectivity index (χ0) is 12.5. The highest BCUT2D eigenvalue weighted by molar-refractivity contribution is 5.94. The molecule has 2 aromatic heterocycles. The minimum Gasteiger partial charge on any atom is -0.508 e. The van der Waals surface area contributed by atoms with Crippen LogP contribution in [0.3, 0.4) is 0 Å². The van der Waals surface area contributed by atoms with Gasteiger partial charge in [-0.2, -0.15) is 5.10 Å². The maximum absolute atomic E-state index is 9.55. The number of pyridine rings is 1. The number of aromatic nitrogens is 3. The second kappa shape index (κ2) is 4.03. The highest BCUT2D eigenvalue weighted by Gasteiger charge is 2.04. The van der Waals surface area contributed by atoms with Gasteiger partial charge in [0.05, 0.1) is 11.9 Å². The van der Waals surface area contributed by atoms with E-state index in [4.69, 9.17) is 0 Å². The Morgan fingerprint density at radius 2 is 2.17 bits per heavy atom. The minimum atomic E-state index is 0.227. The average Bonchev–Trinajstić information content (AvgIpc) is 2.76. The van der Waals surface area contributed by atoms with Crippen LogP contribution in [0.25, 0.3) is 10.8 Å². The monoisotopic (exact) mass is 240 g/mol. The molecule has 0 unspecified atom stereocenters. The highest BCUT2D eigenvalue weighted by Crippen LogP contribution is 2.27. The number of phenolic OH excluding ortho intramolecular Hbond substituents is 1. The molecule has 0 aliphatic heterocycles. The summed E-state index contributed by atoms with van der Waals surface area (Å²) in [6.45, 7) is 0. The molecule has 0 spiro atoms. The first-order chi connectivity index (χ1) is 8.72. The fourth-order valence-electron chi connectivity index (χ4n) is 1.88. The summed E-state index contributed by atoms with van der Waals surface area (Å²) in [6.07, 6.45) is 5.32. The second-order valence-corrected chi connectivity index (χ2v) is 4.09.